The van der Waals surface area contributed by atoms with Gasteiger partial charge in [-0.25, -0.2) is 9.11 Å². The summed E-state index contributed by atoms with van der Waals surface area (Å²) in [4.78, 5) is 11.5. The van der Waals surface area contributed by atoms with E-state index in [-0.39, 0.29) is 44.2 Å². The number of amides is 1. The van der Waals surface area contributed by atoms with Crippen molar-refractivity contribution >= 4 is 16.1 Å². The number of carbonyl (C=O) groups is 1. The Bertz CT molecular complexity index is 789. The first-order valence-corrected chi connectivity index (χ1v) is 11.8. The molecule has 4 fully saturated rings. The third-order valence-corrected chi connectivity index (χ3v) is 8.87. The summed E-state index contributed by atoms with van der Waals surface area (Å²) in [5.74, 6) is -1.41. The van der Waals surface area contributed by atoms with Gasteiger partial charge in [-0.15, -0.1) is 0 Å². The normalized spacial score (nSPS) is 40.6. The Hall–Kier alpha value is -0.980. The first-order valence-electron chi connectivity index (χ1n) is 10.4. The summed E-state index contributed by atoms with van der Waals surface area (Å²) in [6.45, 7) is -0.327. The lowest BCUT2D eigenvalue weighted by Gasteiger charge is -2.48. The van der Waals surface area contributed by atoms with Gasteiger partial charge < -0.3 is 10.4 Å². The Morgan fingerprint density at radius 1 is 1.23 bits per heavy atom. The van der Waals surface area contributed by atoms with E-state index in [4.69, 9.17) is 0 Å². The molecule has 0 aromatic rings. The van der Waals surface area contributed by atoms with Crippen LogP contribution in [0.2, 0.25) is 0 Å². The molecule has 4 aliphatic rings. The number of aliphatic hydroxyl groups excluding tert-OH is 1. The predicted molar refractivity (Wildman–Crippen MR) is 98.0 cm³/mol. The van der Waals surface area contributed by atoms with Crippen LogP contribution in [0, 0.1) is 17.3 Å². The van der Waals surface area contributed by atoms with Crippen molar-refractivity contribution in [2.24, 2.45) is 17.3 Å². The Morgan fingerprint density at radius 2 is 1.93 bits per heavy atom. The van der Waals surface area contributed by atoms with Crippen molar-refractivity contribution in [1.82, 2.24) is 14.3 Å². The zero-order chi connectivity index (χ0) is 21.9. The topological polar surface area (TPSA) is 98.7 Å². The number of nitrogens with one attached hydrogen (secondary N) is 2. The molecular formula is C18H27F4N3O4S. The van der Waals surface area contributed by atoms with Crippen LogP contribution in [0.25, 0.3) is 0 Å². The van der Waals surface area contributed by atoms with Gasteiger partial charge in [-0.05, 0) is 63.3 Å². The zero-order valence-corrected chi connectivity index (χ0v) is 17.2. The summed E-state index contributed by atoms with van der Waals surface area (Å²) in [7, 11) is -4.18. The smallest absolute Gasteiger partial charge is 0.391 e. The van der Waals surface area contributed by atoms with Crippen LogP contribution < -0.4 is 10.0 Å². The number of hydrogen-bond donors (Lipinski definition) is 3. The van der Waals surface area contributed by atoms with Crippen molar-refractivity contribution in [2.75, 3.05) is 13.1 Å². The predicted octanol–water partition coefficient (Wildman–Crippen LogP) is 1.24. The van der Waals surface area contributed by atoms with E-state index in [1.807, 2.05) is 0 Å². The van der Waals surface area contributed by atoms with E-state index in [0.29, 0.717) is 23.6 Å². The van der Waals surface area contributed by atoms with Crippen molar-refractivity contribution in [2.45, 2.75) is 75.5 Å². The molecule has 6 unspecified atom stereocenters. The summed E-state index contributed by atoms with van der Waals surface area (Å²) in [6.07, 6.45) is -4.88. The second kappa shape index (κ2) is 7.56. The van der Waals surface area contributed by atoms with E-state index in [1.165, 1.54) is 0 Å². The minimum absolute atomic E-state index is 0.00128. The molecule has 0 radical (unpaired) electrons. The largest absolute Gasteiger partial charge is 0.394 e. The fourth-order valence-electron chi connectivity index (χ4n) is 5.47. The number of nitrogens with zero attached hydrogens (tertiary/aromatic N) is 1. The summed E-state index contributed by atoms with van der Waals surface area (Å²) in [6, 6.07) is -1.49. The molecule has 7 nitrogen and oxygen atoms in total. The van der Waals surface area contributed by atoms with Crippen LogP contribution in [-0.2, 0) is 15.0 Å². The molecule has 0 spiro atoms. The van der Waals surface area contributed by atoms with Gasteiger partial charge in [0, 0.05) is 6.04 Å². The molecule has 1 aliphatic heterocycles. The van der Waals surface area contributed by atoms with E-state index < -0.39 is 58.5 Å². The summed E-state index contributed by atoms with van der Waals surface area (Å²) in [5.41, 5.74) is -1.58. The fraction of sp³-hybridized carbons (Fsp3) is 0.944. The molecule has 3 N–H and O–H groups in total. The van der Waals surface area contributed by atoms with Gasteiger partial charge >= 0.3 is 16.4 Å². The van der Waals surface area contributed by atoms with Crippen LogP contribution in [-0.4, -0.2) is 67.4 Å². The number of aliphatic hydroxyl groups is 1. The van der Waals surface area contributed by atoms with Gasteiger partial charge in [0.25, 0.3) is 0 Å². The van der Waals surface area contributed by atoms with E-state index in [9.17, 15) is 31.5 Å². The van der Waals surface area contributed by atoms with Crippen LogP contribution in [0.4, 0.5) is 17.6 Å². The average Bonchev–Trinajstić information content (AvgIpc) is 3.37. The highest BCUT2D eigenvalue weighted by Crippen LogP contribution is 2.59. The fourth-order valence-corrected chi connectivity index (χ4v) is 6.80. The number of fused-ring (bicyclic) bond motifs is 1. The van der Waals surface area contributed by atoms with Crippen LogP contribution in [0.3, 0.4) is 0 Å². The van der Waals surface area contributed by atoms with Gasteiger partial charge in [0.2, 0.25) is 5.91 Å². The van der Waals surface area contributed by atoms with E-state index >= 15 is 4.39 Å². The number of carbonyl (C=O) groups excluding carboxylic acids is 1. The maximum absolute atomic E-state index is 15.4. The van der Waals surface area contributed by atoms with Gasteiger partial charge in [-0.3, -0.25) is 4.79 Å². The Morgan fingerprint density at radius 3 is 2.50 bits per heavy atom. The molecule has 1 saturated heterocycles. The number of halogens is 4. The van der Waals surface area contributed by atoms with Crippen LogP contribution >= 0.6 is 0 Å². The van der Waals surface area contributed by atoms with Gasteiger partial charge in [-0.1, -0.05) is 0 Å². The highest BCUT2D eigenvalue weighted by Gasteiger charge is 2.62. The van der Waals surface area contributed by atoms with Gasteiger partial charge in [0.05, 0.1) is 24.1 Å². The molecule has 0 aromatic carbocycles. The number of rotatable bonds is 5. The Kier molecular flexibility index (Phi) is 5.60. The Balaban J connectivity index is 1.38. The maximum atomic E-state index is 15.4. The van der Waals surface area contributed by atoms with Gasteiger partial charge in [0.15, 0.2) is 0 Å². The van der Waals surface area contributed by atoms with Crippen molar-refractivity contribution in [1.29, 1.82) is 0 Å². The monoisotopic (exact) mass is 457 g/mol. The molecule has 3 saturated carbocycles. The third kappa shape index (κ3) is 3.95. The third-order valence-electron chi connectivity index (χ3n) is 7.40. The first kappa shape index (κ1) is 22.2. The highest BCUT2D eigenvalue weighted by molar-refractivity contribution is 7.88. The summed E-state index contributed by atoms with van der Waals surface area (Å²) in [5, 5.41) is 13.6. The van der Waals surface area contributed by atoms with Crippen molar-refractivity contribution in [3.63, 3.8) is 0 Å². The van der Waals surface area contributed by atoms with Crippen LogP contribution in [0.5, 0.6) is 0 Å². The number of hydrogen-bond acceptors (Lipinski definition) is 5. The molecule has 30 heavy (non-hydrogen) atoms. The number of alkyl halides is 4. The quantitative estimate of drug-likeness (QED) is 0.540. The molecule has 3 aliphatic carbocycles. The highest BCUT2D eigenvalue weighted by atomic mass is 32.2. The minimum atomic E-state index is -4.20. The average molecular weight is 457 g/mol. The zero-order valence-electron chi connectivity index (χ0n) is 16.4. The van der Waals surface area contributed by atoms with Gasteiger partial charge in [0.1, 0.15) is 6.17 Å². The van der Waals surface area contributed by atoms with E-state index in [1.54, 1.807) is 4.72 Å². The molecule has 0 bridgehead atoms. The van der Waals surface area contributed by atoms with Crippen LogP contribution in [0.1, 0.15) is 44.9 Å². The van der Waals surface area contributed by atoms with Crippen LogP contribution in [0.15, 0.2) is 0 Å². The lowest BCUT2D eigenvalue weighted by atomic mass is 9.66. The molecule has 4 rings (SSSR count). The molecule has 12 heteroatoms. The van der Waals surface area contributed by atoms with Crippen molar-refractivity contribution < 1.29 is 35.9 Å². The van der Waals surface area contributed by atoms with Crippen molar-refractivity contribution in [3.05, 3.63) is 0 Å². The van der Waals surface area contributed by atoms with Gasteiger partial charge in [-0.2, -0.15) is 25.9 Å². The Labute approximate surface area is 172 Å². The standard InChI is InChI=1S/C18H27F4N3O4S/c19-15-12-8-11(23-6-5-17(3-4-17)18(20,21)22)2-1-10(12)7-13(26)16(15)25-9-14(27)24-30(25,28)29/h10-13,15-16,23,26H,1-9H2,(H,24,27). The maximum Gasteiger partial charge on any atom is 0.394 e. The summed E-state index contributed by atoms with van der Waals surface area (Å²) >= 11 is 0. The minimum Gasteiger partial charge on any atom is -0.391 e. The van der Waals surface area contributed by atoms with E-state index in [0.717, 1.165) is 0 Å². The lowest BCUT2D eigenvalue weighted by Crippen LogP contribution is -2.59. The molecular weight excluding hydrogens is 430 g/mol. The second-order valence-electron chi connectivity index (χ2n) is 9.23. The van der Waals surface area contributed by atoms with Crippen molar-refractivity contribution in [3.8, 4) is 0 Å². The first-order chi connectivity index (χ1) is 13.9. The SMILES string of the molecule is O=C1CN(C2C(O)CC3CCC(NCCC4(C(F)(F)F)CC4)CC3C2F)S(=O)(=O)N1. The van der Waals surface area contributed by atoms with E-state index in [2.05, 4.69) is 5.32 Å². The molecule has 6 atom stereocenters. The lowest BCUT2D eigenvalue weighted by molar-refractivity contribution is -0.188. The molecule has 1 heterocycles. The molecule has 172 valence electrons. The molecule has 0 aromatic heterocycles. The summed E-state index contributed by atoms with van der Waals surface area (Å²) < 4.78 is 81.4. The second-order valence-corrected chi connectivity index (χ2v) is 10.9. The molecule has 1 amide bonds.